The Balaban J connectivity index is 1.66. The molecule has 3 rings (SSSR count). The first-order chi connectivity index (χ1) is 13.1. The summed E-state index contributed by atoms with van der Waals surface area (Å²) in [5.74, 6) is 1.55. The van der Waals surface area contributed by atoms with Crippen LogP contribution in [0.3, 0.4) is 0 Å². The maximum absolute atomic E-state index is 13.0. The Labute approximate surface area is 165 Å². The quantitative estimate of drug-likeness (QED) is 0.725. The van der Waals surface area contributed by atoms with E-state index in [2.05, 4.69) is 23.3 Å². The molecule has 1 aliphatic heterocycles. The molecule has 0 bridgehead atoms. The predicted molar refractivity (Wildman–Crippen MR) is 109 cm³/mol. The average Bonchev–Trinajstić information content (AvgIpc) is 3.17. The third-order valence-corrected chi connectivity index (χ3v) is 6.29. The van der Waals surface area contributed by atoms with Crippen LogP contribution in [0, 0.1) is 0 Å². The fourth-order valence-corrected chi connectivity index (χ4v) is 4.59. The lowest BCUT2D eigenvalue weighted by atomic mass is 10.0. The van der Waals surface area contributed by atoms with E-state index >= 15 is 0 Å². The van der Waals surface area contributed by atoms with Crippen LogP contribution in [0.2, 0.25) is 0 Å². The van der Waals surface area contributed by atoms with E-state index in [-0.39, 0.29) is 5.91 Å². The summed E-state index contributed by atoms with van der Waals surface area (Å²) in [7, 11) is 3.25. The molecular weight excluding hydrogens is 360 g/mol. The van der Waals surface area contributed by atoms with Gasteiger partial charge in [0.2, 0.25) is 5.91 Å². The van der Waals surface area contributed by atoms with Crippen LogP contribution in [-0.4, -0.2) is 49.6 Å². The minimum atomic E-state index is 0.165. The van der Waals surface area contributed by atoms with Gasteiger partial charge in [-0.1, -0.05) is 6.07 Å². The molecule has 1 aromatic carbocycles. The second kappa shape index (κ2) is 8.76. The van der Waals surface area contributed by atoms with Gasteiger partial charge in [0, 0.05) is 30.6 Å². The van der Waals surface area contributed by atoms with Gasteiger partial charge in [0.15, 0.2) is 11.5 Å². The third kappa shape index (κ3) is 4.28. The lowest BCUT2D eigenvalue weighted by molar-refractivity contribution is -0.133. The summed E-state index contributed by atoms with van der Waals surface area (Å²) >= 11 is 1.82. The van der Waals surface area contributed by atoms with Crippen molar-refractivity contribution in [2.45, 2.75) is 32.9 Å². The predicted octanol–water partition coefficient (Wildman–Crippen LogP) is 3.73. The molecule has 27 heavy (non-hydrogen) atoms. The summed E-state index contributed by atoms with van der Waals surface area (Å²) in [6, 6.07) is 8.30. The number of carbonyl (C=O) groups excluding carboxylic acids is 1. The van der Waals surface area contributed by atoms with E-state index in [1.807, 2.05) is 41.4 Å². The Morgan fingerprint density at radius 1 is 1.26 bits per heavy atom. The second-order valence-corrected chi connectivity index (χ2v) is 7.79. The molecular formula is C21H28N2O3S. The van der Waals surface area contributed by atoms with Crippen molar-refractivity contribution in [3.63, 3.8) is 0 Å². The molecule has 2 heterocycles. The molecule has 1 aliphatic rings. The van der Waals surface area contributed by atoms with Crippen molar-refractivity contribution < 1.29 is 14.3 Å². The highest BCUT2D eigenvalue weighted by Crippen LogP contribution is 2.33. The molecule has 0 unspecified atom stereocenters. The molecule has 0 N–H and O–H groups in total. The lowest BCUT2D eigenvalue weighted by Gasteiger charge is -2.34. The van der Waals surface area contributed by atoms with Gasteiger partial charge in [0.25, 0.3) is 0 Å². The SMILES string of the molecule is CCN(Cc1ccc(OC)c(OC)c1)C(=O)CN1CCc2sccc2[C@H]1C. The monoisotopic (exact) mass is 388 g/mol. The summed E-state index contributed by atoms with van der Waals surface area (Å²) in [5, 5.41) is 2.15. The topological polar surface area (TPSA) is 42.0 Å². The van der Waals surface area contributed by atoms with Crippen molar-refractivity contribution in [3.8, 4) is 11.5 Å². The Morgan fingerprint density at radius 2 is 2.04 bits per heavy atom. The molecule has 1 aromatic heterocycles. The molecule has 1 amide bonds. The van der Waals surface area contributed by atoms with Crippen molar-refractivity contribution in [1.29, 1.82) is 0 Å². The number of thiophene rings is 1. The van der Waals surface area contributed by atoms with Crippen LogP contribution < -0.4 is 9.47 Å². The maximum atomic E-state index is 13.0. The van der Waals surface area contributed by atoms with E-state index < -0.39 is 0 Å². The standard InChI is InChI=1S/C21H28N2O3S/c1-5-22(13-16-6-7-18(25-3)19(12-16)26-4)21(24)14-23-10-8-20-17(15(23)2)9-11-27-20/h6-7,9,11-12,15H,5,8,10,13-14H2,1-4H3/t15-/m1/s1. The maximum Gasteiger partial charge on any atom is 0.237 e. The highest BCUT2D eigenvalue weighted by atomic mass is 32.1. The molecule has 5 nitrogen and oxygen atoms in total. The fraction of sp³-hybridized carbons (Fsp3) is 0.476. The Kier molecular flexibility index (Phi) is 6.39. The number of hydrogen-bond acceptors (Lipinski definition) is 5. The number of nitrogens with zero attached hydrogens (tertiary/aromatic N) is 2. The van der Waals surface area contributed by atoms with Crippen molar-refractivity contribution in [1.82, 2.24) is 9.80 Å². The first kappa shape index (κ1) is 19.7. The number of fused-ring (bicyclic) bond motifs is 1. The van der Waals surface area contributed by atoms with E-state index in [4.69, 9.17) is 9.47 Å². The van der Waals surface area contributed by atoms with Crippen LogP contribution in [0.15, 0.2) is 29.6 Å². The first-order valence-electron chi connectivity index (χ1n) is 9.36. The number of likely N-dealkylation sites (N-methyl/N-ethyl adjacent to an activating group) is 1. The summed E-state index contributed by atoms with van der Waals surface area (Å²) in [6.45, 7) is 6.87. The van der Waals surface area contributed by atoms with E-state index in [1.165, 1.54) is 10.4 Å². The van der Waals surface area contributed by atoms with E-state index in [1.54, 1.807) is 14.2 Å². The molecule has 0 radical (unpaired) electrons. The largest absolute Gasteiger partial charge is 0.493 e. The number of amides is 1. The molecule has 2 aromatic rings. The lowest BCUT2D eigenvalue weighted by Crippen LogP contribution is -2.43. The smallest absolute Gasteiger partial charge is 0.237 e. The summed E-state index contributed by atoms with van der Waals surface area (Å²) in [5.41, 5.74) is 2.41. The summed E-state index contributed by atoms with van der Waals surface area (Å²) < 4.78 is 10.7. The van der Waals surface area contributed by atoms with Crippen LogP contribution in [-0.2, 0) is 17.8 Å². The van der Waals surface area contributed by atoms with Gasteiger partial charge in [-0.15, -0.1) is 11.3 Å². The normalized spacial score (nSPS) is 16.7. The molecule has 1 atom stereocenters. The van der Waals surface area contributed by atoms with Gasteiger partial charge in [0.05, 0.1) is 20.8 Å². The van der Waals surface area contributed by atoms with Gasteiger partial charge < -0.3 is 14.4 Å². The highest BCUT2D eigenvalue weighted by molar-refractivity contribution is 7.10. The Hall–Kier alpha value is -2.05. The number of ether oxygens (including phenoxy) is 2. The minimum absolute atomic E-state index is 0.165. The average molecular weight is 389 g/mol. The van der Waals surface area contributed by atoms with Gasteiger partial charge in [-0.25, -0.2) is 0 Å². The Morgan fingerprint density at radius 3 is 2.74 bits per heavy atom. The van der Waals surface area contributed by atoms with Crippen molar-refractivity contribution in [2.75, 3.05) is 33.9 Å². The van der Waals surface area contributed by atoms with Gasteiger partial charge in [-0.3, -0.25) is 9.69 Å². The van der Waals surface area contributed by atoms with Crippen LogP contribution >= 0.6 is 11.3 Å². The molecule has 0 fully saturated rings. The minimum Gasteiger partial charge on any atom is -0.493 e. The van der Waals surface area contributed by atoms with Gasteiger partial charge in [-0.2, -0.15) is 0 Å². The highest BCUT2D eigenvalue weighted by Gasteiger charge is 2.27. The first-order valence-corrected chi connectivity index (χ1v) is 10.2. The Bertz CT molecular complexity index is 789. The molecule has 0 saturated carbocycles. The molecule has 0 saturated heterocycles. The van der Waals surface area contributed by atoms with E-state index in [0.29, 0.717) is 37.2 Å². The number of rotatable bonds is 7. The van der Waals surface area contributed by atoms with Crippen LogP contribution in [0.25, 0.3) is 0 Å². The van der Waals surface area contributed by atoms with Gasteiger partial charge in [0.1, 0.15) is 0 Å². The van der Waals surface area contributed by atoms with Crippen molar-refractivity contribution >= 4 is 17.2 Å². The molecule has 0 aliphatic carbocycles. The zero-order chi connectivity index (χ0) is 19.4. The summed E-state index contributed by atoms with van der Waals surface area (Å²) in [4.78, 5) is 18.6. The zero-order valence-electron chi connectivity index (χ0n) is 16.5. The second-order valence-electron chi connectivity index (χ2n) is 6.79. The van der Waals surface area contributed by atoms with Crippen LogP contribution in [0.5, 0.6) is 11.5 Å². The fourth-order valence-electron chi connectivity index (χ4n) is 3.63. The van der Waals surface area contributed by atoms with E-state index in [0.717, 1.165) is 18.5 Å². The van der Waals surface area contributed by atoms with Gasteiger partial charge >= 0.3 is 0 Å². The number of methoxy groups -OCH3 is 2. The van der Waals surface area contributed by atoms with Crippen LogP contribution in [0.1, 0.15) is 35.9 Å². The third-order valence-electron chi connectivity index (χ3n) is 5.30. The van der Waals surface area contributed by atoms with Gasteiger partial charge in [-0.05, 0) is 55.0 Å². The molecule has 146 valence electrons. The molecule has 0 spiro atoms. The summed E-state index contributed by atoms with van der Waals surface area (Å²) in [6.07, 6.45) is 1.03. The number of carbonyl (C=O) groups is 1. The van der Waals surface area contributed by atoms with Crippen molar-refractivity contribution in [3.05, 3.63) is 45.6 Å². The van der Waals surface area contributed by atoms with Crippen LogP contribution in [0.4, 0.5) is 0 Å². The zero-order valence-corrected chi connectivity index (χ0v) is 17.3. The number of hydrogen-bond donors (Lipinski definition) is 0. The van der Waals surface area contributed by atoms with Crippen molar-refractivity contribution in [2.24, 2.45) is 0 Å². The van der Waals surface area contributed by atoms with E-state index in [9.17, 15) is 4.79 Å². The number of benzene rings is 1. The molecule has 6 heteroatoms.